The lowest BCUT2D eigenvalue weighted by Crippen LogP contribution is -2.36. The van der Waals surface area contributed by atoms with Gasteiger partial charge in [-0.3, -0.25) is 0 Å². The van der Waals surface area contributed by atoms with Gasteiger partial charge in [-0.1, -0.05) is 29.8 Å². The fourth-order valence-electron chi connectivity index (χ4n) is 4.06. The van der Waals surface area contributed by atoms with Gasteiger partial charge < -0.3 is 14.8 Å². The molecule has 2 aromatic rings. The van der Waals surface area contributed by atoms with Crippen LogP contribution in [0, 0.1) is 12.8 Å². The van der Waals surface area contributed by atoms with Crippen molar-refractivity contribution in [2.45, 2.75) is 31.9 Å². The number of benzene rings is 2. The second kappa shape index (κ2) is 6.52. The Balaban J connectivity index is 1.69. The van der Waals surface area contributed by atoms with Crippen molar-refractivity contribution in [2.24, 2.45) is 5.92 Å². The van der Waals surface area contributed by atoms with Gasteiger partial charge in [0, 0.05) is 23.8 Å². The van der Waals surface area contributed by atoms with Gasteiger partial charge in [0.15, 0.2) is 0 Å². The number of esters is 1. The number of fused-ring (bicyclic) bond motifs is 3. The quantitative estimate of drug-likeness (QED) is 0.824. The molecule has 0 radical (unpaired) electrons. The molecule has 0 aromatic heterocycles. The molecule has 1 unspecified atom stereocenters. The SMILES string of the molecule is COC(=O)c1ccc(C2Nc3ccc(C)cc3[C@H]3OCCC[C@@H]23)cc1. The Kier molecular flexibility index (Phi) is 4.22. The highest BCUT2D eigenvalue weighted by Crippen LogP contribution is 2.49. The Morgan fingerprint density at radius 2 is 2.00 bits per heavy atom. The average molecular weight is 337 g/mol. The average Bonchev–Trinajstić information content (AvgIpc) is 2.67. The predicted molar refractivity (Wildman–Crippen MR) is 96.7 cm³/mol. The van der Waals surface area contributed by atoms with Crippen LogP contribution in [0.15, 0.2) is 42.5 Å². The first-order valence-corrected chi connectivity index (χ1v) is 8.84. The van der Waals surface area contributed by atoms with E-state index in [1.165, 1.54) is 23.8 Å². The molecule has 25 heavy (non-hydrogen) atoms. The summed E-state index contributed by atoms with van der Waals surface area (Å²) in [4.78, 5) is 11.7. The highest BCUT2D eigenvalue weighted by atomic mass is 16.5. The van der Waals surface area contributed by atoms with Crippen molar-refractivity contribution < 1.29 is 14.3 Å². The largest absolute Gasteiger partial charge is 0.465 e. The standard InChI is InChI=1S/C21H23NO3/c1-13-5-10-18-17(12-13)20-16(4-3-11-25-20)19(22-18)14-6-8-15(9-7-14)21(23)24-2/h5-10,12,16,19-20,22H,3-4,11H2,1-2H3/t16-,19?,20-/m0/s1. The topological polar surface area (TPSA) is 47.6 Å². The third-order valence-corrected chi connectivity index (χ3v) is 5.31. The molecule has 0 amide bonds. The number of carbonyl (C=O) groups is 1. The van der Waals surface area contributed by atoms with Crippen molar-refractivity contribution in [1.29, 1.82) is 0 Å². The summed E-state index contributed by atoms with van der Waals surface area (Å²) < 4.78 is 11.0. The van der Waals surface area contributed by atoms with Gasteiger partial charge in [-0.05, 0) is 43.5 Å². The summed E-state index contributed by atoms with van der Waals surface area (Å²) in [7, 11) is 1.40. The van der Waals surface area contributed by atoms with Gasteiger partial charge in [0.2, 0.25) is 0 Å². The Morgan fingerprint density at radius 1 is 1.20 bits per heavy atom. The maximum atomic E-state index is 11.7. The minimum Gasteiger partial charge on any atom is -0.465 e. The molecule has 0 spiro atoms. The van der Waals surface area contributed by atoms with Crippen LogP contribution in [-0.4, -0.2) is 19.7 Å². The maximum absolute atomic E-state index is 11.7. The molecule has 0 aliphatic carbocycles. The number of hydrogen-bond acceptors (Lipinski definition) is 4. The van der Waals surface area contributed by atoms with Gasteiger partial charge in [-0.25, -0.2) is 4.79 Å². The first kappa shape index (κ1) is 16.2. The fourth-order valence-corrected chi connectivity index (χ4v) is 4.06. The third kappa shape index (κ3) is 2.91. The van der Waals surface area contributed by atoms with Crippen molar-refractivity contribution in [3.05, 3.63) is 64.7 Å². The van der Waals surface area contributed by atoms with E-state index < -0.39 is 0 Å². The van der Waals surface area contributed by atoms with E-state index in [1.54, 1.807) is 0 Å². The van der Waals surface area contributed by atoms with Crippen LogP contribution in [0.5, 0.6) is 0 Å². The number of nitrogens with one attached hydrogen (secondary N) is 1. The minimum atomic E-state index is -0.303. The maximum Gasteiger partial charge on any atom is 0.337 e. The molecule has 4 rings (SSSR count). The zero-order chi connectivity index (χ0) is 17.4. The number of hydrogen-bond donors (Lipinski definition) is 1. The smallest absolute Gasteiger partial charge is 0.337 e. The Hall–Kier alpha value is -2.33. The second-order valence-electron chi connectivity index (χ2n) is 6.92. The van der Waals surface area contributed by atoms with Crippen molar-refractivity contribution in [1.82, 2.24) is 0 Å². The van der Waals surface area contributed by atoms with Gasteiger partial charge in [-0.2, -0.15) is 0 Å². The third-order valence-electron chi connectivity index (χ3n) is 5.31. The number of anilines is 1. The first-order chi connectivity index (χ1) is 12.2. The molecule has 2 aromatic carbocycles. The molecule has 1 fully saturated rings. The molecule has 2 aliphatic heterocycles. The van der Waals surface area contributed by atoms with Gasteiger partial charge in [0.25, 0.3) is 0 Å². The normalized spacial score (nSPS) is 24.6. The van der Waals surface area contributed by atoms with Crippen LogP contribution in [0.4, 0.5) is 5.69 Å². The summed E-state index contributed by atoms with van der Waals surface area (Å²) in [5.41, 5.74) is 5.44. The zero-order valence-electron chi connectivity index (χ0n) is 14.6. The monoisotopic (exact) mass is 337 g/mol. The fraction of sp³-hybridized carbons (Fsp3) is 0.381. The van der Waals surface area contributed by atoms with Crippen molar-refractivity contribution in [3.63, 3.8) is 0 Å². The van der Waals surface area contributed by atoms with Crippen molar-refractivity contribution >= 4 is 11.7 Å². The molecule has 2 aliphatic rings. The summed E-state index contributed by atoms with van der Waals surface area (Å²) in [6.07, 6.45) is 2.35. The van der Waals surface area contributed by atoms with Crippen LogP contribution in [0.2, 0.25) is 0 Å². The van der Waals surface area contributed by atoms with Crippen LogP contribution in [0.3, 0.4) is 0 Å². The number of ether oxygens (including phenoxy) is 2. The van der Waals surface area contributed by atoms with Crippen LogP contribution < -0.4 is 5.32 Å². The highest BCUT2D eigenvalue weighted by Gasteiger charge is 2.39. The van der Waals surface area contributed by atoms with Crippen LogP contribution >= 0.6 is 0 Å². The molecule has 1 N–H and O–H groups in total. The van der Waals surface area contributed by atoms with Crippen LogP contribution in [-0.2, 0) is 9.47 Å². The molecule has 3 atom stereocenters. The molecule has 4 heteroatoms. The number of methoxy groups -OCH3 is 1. The Labute approximate surface area is 148 Å². The van der Waals surface area contributed by atoms with E-state index in [0.717, 1.165) is 25.1 Å². The lowest BCUT2D eigenvalue weighted by atomic mass is 9.77. The molecular formula is C21H23NO3. The van der Waals surface area contributed by atoms with E-state index in [2.05, 4.69) is 30.4 Å². The van der Waals surface area contributed by atoms with Crippen molar-refractivity contribution in [2.75, 3.05) is 19.0 Å². The van der Waals surface area contributed by atoms with Gasteiger partial charge in [0.1, 0.15) is 0 Å². The highest BCUT2D eigenvalue weighted by molar-refractivity contribution is 5.89. The zero-order valence-corrected chi connectivity index (χ0v) is 14.6. The number of aryl methyl sites for hydroxylation is 1. The number of carbonyl (C=O) groups excluding carboxylic acids is 1. The molecule has 4 nitrogen and oxygen atoms in total. The lowest BCUT2D eigenvalue weighted by molar-refractivity contribution is -0.0381. The molecule has 130 valence electrons. The Morgan fingerprint density at radius 3 is 2.76 bits per heavy atom. The van der Waals surface area contributed by atoms with Crippen molar-refractivity contribution in [3.8, 4) is 0 Å². The summed E-state index contributed by atoms with van der Waals surface area (Å²) in [6.45, 7) is 2.94. The molecular weight excluding hydrogens is 314 g/mol. The number of rotatable bonds is 2. The summed E-state index contributed by atoms with van der Waals surface area (Å²) in [5, 5.41) is 3.71. The van der Waals surface area contributed by atoms with Gasteiger partial charge >= 0.3 is 5.97 Å². The van der Waals surface area contributed by atoms with Gasteiger partial charge in [0.05, 0.1) is 24.8 Å². The van der Waals surface area contributed by atoms with E-state index in [1.807, 2.05) is 24.3 Å². The van der Waals surface area contributed by atoms with Crippen LogP contribution in [0.1, 0.15) is 52.0 Å². The van der Waals surface area contributed by atoms with Crippen LogP contribution in [0.25, 0.3) is 0 Å². The first-order valence-electron chi connectivity index (χ1n) is 8.84. The minimum absolute atomic E-state index is 0.134. The van der Waals surface area contributed by atoms with E-state index in [9.17, 15) is 4.79 Å². The van der Waals surface area contributed by atoms with E-state index in [0.29, 0.717) is 11.5 Å². The Bertz CT molecular complexity index is 784. The molecule has 0 bridgehead atoms. The predicted octanol–water partition coefficient (Wildman–Crippen LogP) is 4.42. The van der Waals surface area contributed by atoms with E-state index in [4.69, 9.17) is 9.47 Å². The van der Waals surface area contributed by atoms with Gasteiger partial charge in [-0.15, -0.1) is 0 Å². The summed E-state index contributed by atoms with van der Waals surface area (Å²) >= 11 is 0. The van der Waals surface area contributed by atoms with E-state index >= 15 is 0 Å². The van der Waals surface area contributed by atoms with E-state index in [-0.39, 0.29) is 18.1 Å². The molecule has 0 saturated carbocycles. The summed E-state index contributed by atoms with van der Waals surface area (Å²) in [6, 6.07) is 14.4. The lowest BCUT2D eigenvalue weighted by Gasteiger charge is -2.43. The second-order valence-corrected chi connectivity index (χ2v) is 6.92. The molecule has 2 heterocycles. The summed E-state index contributed by atoms with van der Waals surface area (Å²) in [5.74, 6) is 0.0925. The molecule has 1 saturated heterocycles.